The third kappa shape index (κ3) is 2.29. The molecule has 0 bridgehead atoms. The summed E-state index contributed by atoms with van der Waals surface area (Å²) in [6.07, 6.45) is 14.3. The maximum Gasteiger partial charge on any atom is 0.102 e. The summed E-state index contributed by atoms with van der Waals surface area (Å²) in [5, 5.41) is 0. The highest BCUT2D eigenvalue weighted by Gasteiger charge is 2.59. The molecule has 0 amide bonds. The van der Waals surface area contributed by atoms with Gasteiger partial charge in [0.1, 0.15) is 6.10 Å². The first-order valence-electron chi connectivity index (χ1n) is 11.0. The fourth-order valence-corrected chi connectivity index (χ4v) is 8.20. The summed E-state index contributed by atoms with van der Waals surface area (Å²) in [6.45, 7) is 9.21. The number of hydrogen-bond acceptors (Lipinski definition) is 2. The highest BCUT2D eigenvalue weighted by Crippen LogP contribution is 2.67. The molecule has 0 N–H and O–H groups in total. The number of hydrogen-bond donors (Lipinski definition) is 0. The van der Waals surface area contributed by atoms with E-state index < -0.39 is 0 Å². The van der Waals surface area contributed by atoms with Gasteiger partial charge in [-0.15, -0.1) is 0 Å². The Morgan fingerprint density at radius 3 is 2.72 bits per heavy atom. The lowest BCUT2D eigenvalue weighted by Gasteiger charge is -2.59. The molecule has 8 atom stereocenters. The second kappa shape index (κ2) is 5.83. The van der Waals surface area contributed by atoms with Crippen molar-refractivity contribution in [1.29, 1.82) is 0 Å². The van der Waals surface area contributed by atoms with Gasteiger partial charge >= 0.3 is 0 Å². The highest BCUT2D eigenvalue weighted by atomic mass is 16.6. The monoisotopic (exact) mass is 344 g/mol. The van der Waals surface area contributed by atoms with Crippen LogP contribution in [0, 0.1) is 34.5 Å². The molecule has 0 radical (unpaired) electrons. The summed E-state index contributed by atoms with van der Waals surface area (Å²) in [5.41, 5.74) is 2.72. The van der Waals surface area contributed by atoms with Crippen LogP contribution < -0.4 is 0 Å². The van der Waals surface area contributed by atoms with Crippen LogP contribution in [0.2, 0.25) is 0 Å². The van der Waals surface area contributed by atoms with Crippen LogP contribution >= 0.6 is 0 Å². The van der Waals surface area contributed by atoms with Crippen LogP contribution in [0.3, 0.4) is 0 Å². The largest absolute Gasteiger partial charge is 0.373 e. The molecule has 140 valence electrons. The van der Waals surface area contributed by atoms with Crippen molar-refractivity contribution in [3.05, 3.63) is 11.6 Å². The fourth-order valence-electron chi connectivity index (χ4n) is 8.20. The Labute approximate surface area is 153 Å². The van der Waals surface area contributed by atoms with Crippen molar-refractivity contribution in [2.75, 3.05) is 13.2 Å². The molecule has 3 saturated carbocycles. The van der Waals surface area contributed by atoms with E-state index in [0.29, 0.717) is 16.9 Å². The first kappa shape index (κ1) is 16.8. The fraction of sp³-hybridized carbons (Fsp3) is 0.913. The Bertz CT molecular complexity index is 568. The molecule has 0 aromatic heterocycles. The van der Waals surface area contributed by atoms with Gasteiger partial charge < -0.3 is 9.47 Å². The van der Waals surface area contributed by atoms with Gasteiger partial charge in [0.15, 0.2) is 0 Å². The van der Waals surface area contributed by atoms with Gasteiger partial charge in [0.2, 0.25) is 0 Å². The van der Waals surface area contributed by atoms with Crippen molar-refractivity contribution in [3.63, 3.8) is 0 Å². The van der Waals surface area contributed by atoms with Crippen LogP contribution in [0.25, 0.3) is 0 Å². The standard InChI is InChI=1S/C23H36O2/c1-4-15-6-8-18-17-7-5-16-13-20-21(25-12-11-24-20)14-23(16,3)19(17)9-10-22(15,18)2/h13,15,17-21H,4-12,14H2,1-3H3/t15-,17-,18-,19-,20?,21?,22+,23-/m0/s1. The molecule has 1 heterocycles. The summed E-state index contributed by atoms with van der Waals surface area (Å²) in [6, 6.07) is 0. The van der Waals surface area contributed by atoms with Crippen LogP contribution in [0.15, 0.2) is 11.6 Å². The summed E-state index contributed by atoms with van der Waals surface area (Å²) in [7, 11) is 0. The minimum atomic E-state index is 0.234. The van der Waals surface area contributed by atoms with E-state index in [9.17, 15) is 0 Å². The number of fused-ring (bicyclic) bond motifs is 6. The maximum atomic E-state index is 6.15. The Hall–Kier alpha value is -0.340. The molecule has 4 aliphatic carbocycles. The Balaban J connectivity index is 1.46. The molecule has 1 aliphatic heterocycles. The molecule has 5 aliphatic rings. The van der Waals surface area contributed by atoms with Crippen LogP contribution in [-0.4, -0.2) is 25.4 Å². The maximum absolute atomic E-state index is 6.15. The average Bonchev–Trinajstić information content (AvgIpc) is 2.96. The van der Waals surface area contributed by atoms with E-state index in [1.807, 2.05) is 0 Å². The Morgan fingerprint density at radius 1 is 1.04 bits per heavy atom. The van der Waals surface area contributed by atoms with Crippen LogP contribution in [0.5, 0.6) is 0 Å². The summed E-state index contributed by atoms with van der Waals surface area (Å²) in [5.74, 6) is 3.80. The normalized spacial score (nSPS) is 54.8. The van der Waals surface area contributed by atoms with Gasteiger partial charge in [-0.25, -0.2) is 0 Å². The van der Waals surface area contributed by atoms with Crippen molar-refractivity contribution in [2.24, 2.45) is 34.5 Å². The summed E-state index contributed by atoms with van der Waals surface area (Å²) >= 11 is 0. The van der Waals surface area contributed by atoms with E-state index >= 15 is 0 Å². The number of ether oxygens (including phenoxy) is 2. The minimum absolute atomic E-state index is 0.234. The Kier molecular flexibility index (Phi) is 3.92. The van der Waals surface area contributed by atoms with Gasteiger partial charge in [0.05, 0.1) is 19.3 Å². The zero-order valence-corrected chi connectivity index (χ0v) is 16.4. The molecule has 4 fully saturated rings. The lowest BCUT2D eigenvalue weighted by molar-refractivity contribution is -0.153. The first-order valence-corrected chi connectivity index (χ1v) is 11.0. The van der Waals surface area contributed by atoms with Crippen molar-refractivity contribution in [2.45, 2.75) is 84.3 Å². The molecular formula is C23H36O2. The molecule has 5 rings (SSSR count). The van der Waals surface area contributed by atoms with Crippen molar-refractivity contribution >= 4 is 0 Å². The second-order valence-corrected chi connectivity index (χ2v) is 10.2. The van der Waals surface area contributed by atoms with Crippen LogP contribution in [-0.2, 0) is 9.47 Å². The molecule has 2 nitrogen and oxygen atoms in total. The molecule has 2 heteroatoms. The molecule has 0 aromatic carbocycles. The average molecular weight is 345 g/mol. The predicted molar refractivity (Wildman–Crippen MR) is 100 cm³/mol. The number of allylic oxidation sites excluding steroid dienone is 1. The smallest absolute Gasteiger partial charge is 0.102 e. The lowest BCUT2D eigenvalue weighted by Crippen LogP contribution is -2.54. The third-order valence-electron chi connectivity index (χ3n) is 9.51. The lowest BCUT2D eigenvalue weighted by atomic mass is 9.46. The van der Waals surface area contributed by atoms with Crippen molar-refractivity contribution in [3.8, 4) is 0 Å². The third-order valence-corrected chi connectivity index (χ3v) is 9.51. The van der Waals surface area contributed by atoms with Gasteiger partial charge in [-0.1, -0.05) is 38.8 Å². The van der Waals surface area contributed by atoms with E-state index in [4.69, 9.17) is 9.47 Å². The van der Waals surface area contributed by atoms with Crippen molar-refractivity contribution in [1.82, 2.24) is 0 Å². The van der Waals surface area contributed by atoms with E-state index in [0.717, 1.165) is 36.9 Å². The zero-order chi connectivity index (χ0) is 17.2. The zero-order valence-electron chi connectivity index (χ0n) is 16.4. The topological polar surface area (TPSA) is 18.5 Å². The van der Waals surface area contributed by atoms with E-state index in [2.05, 4.69) is 26.8 Å². The molecule has 0 aromatic rings. The van der Waals surface area contributed by atoms with Gasteiger partial charge in [0.25, 0.3) is 0 Å². The highest BCUT2D eigenvalue weighted by molar-refractivity contribution is 5.27. The van der Waals surface area contributed by atoms with Crippen LogP contribution in [0.1, 0.15) is 72.1 Å². The summed E-state index contributed by atoms with van der Waals surface area (Å²) < 4.78 is 12.2. The quantitative estimate of drug-likeness (QED) is 0.595. The van der Waals surface area contributed by atoms with Gasteiger partial charge in [-0.2, -0.15) is 0 Å². The van der Waals surface area contributed by atoms with Gasteiger partial charge in [0, 0.05) is 0 Å². The van der Waals surface area contributed by atoms with Gasteiger partial charge in [-0.05, 0) is 79.4 Å². The molecule has 0 spiro atoms. The molecule has 1 saturated heterocycles. The number of rotatable bonds is 1. The predicted octanol–water partition coefficient (Wildman–Crippen LogP) is 5.37. The van der Waals surface area contributed by atoms with E-state index in [-0.39, 0.29) is 6.10 Å². The molecule has 25 heavy (non-hydrogen) atoms. The van der Waals surface area contributed by atoms with Crippen LogP contribution in [0.4, 0.5) is 0 Å². The summed E-state index contributed by atoms with van der Waals surface area (Å²) in [4.78, 5) is 0. The van der Waals surface area contributed by atoms with E-state index in [1.54, 1.807) is 5.57 Å². The Morgan fingerprint density at radius 2 is 1.88 bits per heavy atom. The molecule has 2 unspecified atom stereocenters. The minimum Gasteiger partial charge on any atom is -0.373 e. The van der Waals surface area contributed by atoms with Crippen molar-refractivity contribution < 1.29 is 9.47 Å². The first-order chi connectivity index (χ1) is 12.1. The molecular weight excluding hydrogens is 308 g/mol. The van der Waals surface area contributed by atoms with E-state index in [1.165, 1.54) is 51.4 Å². The second-order valence-electron chi connectivity index (χ2n) is 10.2. The van der Waals surface area contributed by atoms with Gasteiger partial charge in [-0.3, -0.25) is 0 Å². The SMILES string of the molecule is CC[C@H]1CC[C@H]2[C@@H]3CCC4=CC5OCCOC5C[C@]4(C)[C@H]3CC[C@]12C.